The minimum atomic E-state index is -0.432. The summed E-state index contributed by atoms with van der Waals surface area (Å²) < 4.78 is 6.56. The summed E-state index contributed by atoms with van der Waals surface area (Å²) in [6.07, 6.45) is 4.49. The molecule has 2 fully saturated rings. The van der Waals surface area contributed by atoms with Crippen molar-refractivity contribution >= 4 is 21.6 Å². The Balaban J connectivity index is 1.80. The van der Waals surface area contributed by atoms with Crippen molar-refractivity contribution in [1.29, 1.82) is 0 Å². The second-order valence-electron chi connectivity index (χ2n) is 5.70. The van der Waals surface area contributed by atoms with Gasteiger partial charge in [0.1, 0.15) is 11.9 Å². The van der Waals surface area contributed by atoms with Gasteiger partial charge in [0.15, 0.2) is 0 Å². The minimum Gasteiger partial charge on any atom is -0.489 e. The van der Waals surface area contributed by atoms with E-state index in [1.54, 1.807) is 6.07 Å². The Morgan fingerprint density at radius 3 is 2.65 bits per heavy atom. The summed E-state index contributed by atoms with van der Waals surface area (Å²) in [7, 11) is 0. The van der Waals surface area contributed by atoms with Crippen molar-refractivity contribution in [3.8, 4) is 5.75 Å². The number of nitro groups is 1. The first-order valence-corrected chi connectivity index (χ1v) is 7.60. The summed E-state index contributed by atoms with van der Waals surface area (Å²) in [5.74, 6) is 0.495. The highest BCUT2D eigenvalue weighted by molar-refractivity contribution is 9.10. The Morgan fingerprint density at radius 2 is 2.05 bits per heavy atom. The van der Waals surface area contributed by atoms with Crippen LogP contribution in [0.5, 0.6) is 5.75 Å². The molecule has 0 heterocycles. The zero-order valence-corrected chi connectivity index (χ0v) is 12.5. The second-order valence-corrected chi connectivity index (χ2v) is 6.62. The number of nitro benzene ring substituents is 1. The van der Waals surface area contributed by atoms with Crippen molar-refractivity contribution in [3.63, 3.8) is 0 Å². The molecular formula is C14H16BrNO4. The van der Waals surface area contributed by atoms with E-state index in [2.05, 4.69) is 15.9 Å². The number of aliphatic hydroxyl groups excluding tert-OH is 1. The van der Waals surface area contributed by atoms with Crippen LogP contribution in [0.1, 0.15) is 32.1 Å². The van der Waals surface area contributed by atoms with Crippen LogP contribution < -0.4 is 4.74 Å². The van der Waals surface area contributed by atoms with Crippen LogP contribution in [-0.2, 0) is 0 Å². The molecule has 0 amide bonds. The third-order valence-electron chi connectivity index (χ3n) is 4.62. The highest BCUT2D eigenvalue weighted by Gasteiger charge is 2.57. The molecule has 2 saturated carbocycles. The van der Waals surface area contributed by atoms with Gasteiger partial charge in [0, 0.05) is 22.4 Å². The first-order chi connectivity index (χ1) is 9.51. The van der Waals surface area contributed by atoms with E-state index in [4.69, 9.17) is 4.74 Å². The molecule has 3 rings (SSSR count). The van der Waals surface area contributed by atoms with Crippen LogP contribution in [0, 0.1) is 15.5 Å². The fourth-order valence-corrected chi connectivity index (χ4v) is 3.93. The average Bonchev–Trinajstić information content (AvgIpc) is 2.90. The fraction of sp³-hybridized carbons (Fsp3) is 0.571. The van der Waals surface area contributed by atoms with Gasteiger partial charge in [-0.15, -0.1) is 0 Å². The van der Waals surface area contributed by atoms with Gasteiger partial charge in [-0.3, -0.25) is 10.1 Å². The van der Waals surface area contributed by atoms with E-state index < -0.39 is 4.92 Å². The maximum absolute atomic E-state index is 10.9. The molecule has 0 saturated heterocycles. The van der Waals surface area contributed by atoms with Gasteiger partial charge < -0.3 is 9.84 Å². The number of hydrogen-bond acceptors (Lipinski definition) is 4. The molecule has 0 aliphatic heterocycles. The topological polar surface area (TPSA) is 72.6 Å². The SMILES string of the molecule is O=[N+]([O-])c1cc(Br)cc(OC2CC(O)C23CCCC3)c1. The molecular weight excluding hydrogens is 326 g/mol. The number of rotatable bonds is 3. The lowest BCUT2D eigenvalue weighted by Gasteiger charge is -2.51. The van der Waals surface area contributed by atoms with Crippen molar-refractivity contribution in [2.75, 3.05) is 0 Å². The van der Waals surface area contributed by atoms with Crippen LogP contribution in [0.3, 0.4) is 0 Å². The van der Waals surface area contributed by atoms with E-state index in [0.717, 1.165) is 25.7 Å². The zero-order valence-electron chi connectivity index (χ0n) is 10.9. The summed E-state index contributed by atoms with van der Waals surface area (Å²) in [6, 6.07) is 4.63. The first-order valence-electron chi connectivity index (χ1n) is 6.81. The lowest BCUT2D eigenvalue weighted by molar-refractivity contribution is -0.385. The van der Waals surface area contributed by atoms with Crippen molar-refractivity contribution < 1.29 is 14.8 Å². The molecule has 2 aliphatic carbocycles. The van der Waals surface area contributed by atoms with Gasteiger partial charge in [-0.25, -0.2) is 0 Å². The quantitative estimate of drug-likeness (QED) is 0.675. The Bertz CT molecular complexity index is 542. The zero-order chi connectivity index (χ0) is 14.3. The Labute approximate surface area is 125 Å². The predicted molar refractivity (Wildman–Crippen MR) is 76.7 cm³/mol. The fourth-order valence-electron chi connectivity index (χ4n) is 3.47. The highest BCUT2D eigenvalue weighted by Crippen LogP contribution is 2.54. The van der Waals surface area contributed by atoms with E-state index >= 15 is 0 Å². The van der Waals surface area contributed by atoms with Gasteiger partial charge in [-0.05, 0) is 18.9 Å². The largest absolute Gasteiger partial charge is 0.489 e. The molecule has 20 heavy (non-hydrogen) atoms. The standard InChI is InChI=1S/C14H16BrNO4/c15-9-5-10(16(18)19)7-11(6-9)20-13-8-12(17)14(13)3-1-2-4-14/h5-7,12-13,17H,1-4,8H2. The summed E-state index contributed by atoms with van der Waals surface area (Å²) in [6.45, 7) is 0. The molecule has 1 aromatic rings. The van der Waals surface area contributed by atoms with Crippen molar-refractivity contribution in [2.24, 2.45) is 5.41 Å². The van der Waals surface area contributed by atoms with Gasteiger partial charge in [-0.2, -0.15) is 0 Å². The number of aliphatic hydroxyl groups is 1. The first kappa shape index (κ1) is 13.8. The smallest absolute Gasteiger partial charge is 0.274 e. The van der Waals surface area contributed by atoms with Crippen LogP contribution in [0.15, 0.2) is 22.7 Å². The van der Waals surface area contributed by atoms with Crippen LogP contribution in [0.25, 0.3) is 0 Å². The monoisotopic (exact) mass is 341 g/mol. The molecule has 5 nitrogen and oxygen atoms in total. The number of ether oxygens (including phenoxy) is 1. The molecule has 6 heteroatoms. The minimum absolute atomic E-state index is 0.00900. The molecule has 1 aromatic carbocycles. The Morgan fingerprint density at radius 1 is 1.35 bits per heavy atom. The number of halogens is 1. The molecule has 0 radical (unpaired) electrons. The molecule has 2 unspecified atom stereocenters. The van der Waals surface area contributed by atoms with E-state index in [1.165, 1.54) is 12.1 Å². The lowest BCUT2D eigenvalue weighted by atomic mass is 9.62. The maximum Gasteiger partial charge on any atom is 0.274 e. The molecule has 1 spiro atoms. The molecule has 2 aliphatic rings. The van der Waals surface area contributed by atoms with Crippen LogP contribution in [0.4, 0.5) is 5.69 Å². The van der Waals surface area contributed by atoms with Gasteiger partial charge in [-0.1, -0.05) is 28.8 Å². The Kier molecular flexibility index (Phi) is 3.46. The molecule has 1 N–H and O–H groups in total. The summed E-state index contributed by atoms with van der Waals surface area (Å²) in [5.41, 5.74) is -0.119. The third kappa shape index (κ3) is 2.20. The number of hydrogen-bond donors (Lipinski definition) is 1. The van der Waals surface area contributed by atoms with E-state index in [1.807, 2.05) is 0 Å². The van der Waals surface area contributed by atoms with Gasteiger partial charge in [0.05, 0.1) is 17.1 Å². The highest BCUT2D eigenvalue weighted by atomic mass is 79.9. The average molecular weight is 342 g/mol. The van der Waals surface area contributed by atoms with Crippen LogP contribution in [-0.4, -0.2) is 22.2 Å². The second kappa shape index (κ2) is 5.00. The summed E-state index contributed by atoms with van der Waals surface area (Å²) in [5, 5.41) is 20.9. The predicted octanol–water partition coefficient (Wildman–Crippen LogP) is 3.43. The van der Waals surface area contributed by atoms with Crippen molar-refractivity contribution in [2.45, 2.75) is 44.3 Å². The summed E-state index contributed by atoms with van der Waals surface area (Å²) >= 11 is 3.26. The molecule has 0 bridgehead atoms. The third-order valence-corrected chi connectivity index (χ3v) is 5.08. The van der Waals surface area contributed by atoms with E-state index in [-0.39, 0.29) is 23.3 Å². The Hall–Kier alpha value is -1.14. The maximum atomic E-state index is 10.9. The lowest BCUT2D eigenvalue weighted by Crippen LogP contribution is -2.58. The molecule has 2 atom stereocenters. The van der Waals surface area contributed by atoms with Crippen LogP contribution in [0.2, 0.25) is 0 Å². The van der Waals surface area contributed by atoms with Crippen LogP contribution >= 0.6 is 15.9 Å². The van der Waals surface area contributed by atoms with Crippen molar-refractivity contribution in [1.82, 2.24) is 0 Å². The summed E-state index contributed by atoms with van der Waals surface area (Å²) in [4.78, 5) is 10.4. The number of benzene rings is 1. The van der Waals surface area contributed by atoms with Gasteiger partial charge >= 0.3 is 0 Å². The van der Waals surface area contributed by atoms with E-state index in [0.29, 0.717) is 16.6 Å². The van der Waals surface area contributed by atoms with E-state index in [9.17, 15) is 15.2 Å². The van der Waals surface area contributed by atoms with Gasteiger partial charge in [0.25, 0.3) is 5.69 Å². The molecule has 0 aromatic heterocycles. The number of non-ortho nitro benzene ring substituents is 1. The van der Waals surface area contributed by atoms with Gasteiger partial charge in [0.2, 0.25) is 0 Å². The normalized spacial score (nSPS) is 27.3. The number of nitrogens with zero attached hydrogens (tertiary/aromatic N) is 1. The molecule has 108 valence electrons. The van der Waals surface area contributed by atoms with Crippen molar-refractivity contribution in [3.05, 3.63) is 32.8 Å².